The average molecular weight is 655 g/mol. The number of carbonyl (C=O) groups excluding carboxylic acids is 1. The van der Waals surface area contributed by atoms with E-state index in [9.17, 15) is 14.7 Å². The third-order valence-electron chi connectivity index (χ3n) is 9.43. The van der Waals surface area contributed by atoms with Crippen LogP contribution in [0.2, 0.25) is 0 Å². The summed E-state index contributed by atoms with van der Waals surface area (Å²) in [7, 11) is 1.67. The highest BCUT2D eigenvalue weighted by Gasteiger charge is 2.31. The molecule has 3 N–H and O–H groups in total. The van der Waals surface area contributed by atoms with Gasteiger partial charge in [0.05, 0.1) is 42.3 Å². The van der Waals surface area contributed by atoms with Gasteiger partial charge in [-0.2, -0.15) is 0 Å². The van der Waals surface area contributed by atoms with Gasteiger partial charge in [0.25, 0.3) is 5.91 Å². The van der Waals surface area contributed by atoms with Gasteiger partial charge in [0, 0.05) is 28.1 Å². The number of ether oxygens (including phenoxy) is 2. The zero-order valence-electron chi connectivity index (χ0n) is 26.8. The third kappa shape index (κ3) is 5.96. The number of hydrogen-bond donors (Lipinski definition) is 3. The number of methoxy groups -OCH3 is 1. The quantitative estimate of drug-likeness (QED) is 0.164. The summed E-state index contributed by atoms with van der Waals surface area (Å²) in [6, 6.07) is 18.7. The van der Waals surface area contributed by atoms with Gasteiger partial charge in [-0.05, 0) is 80.1 Å². The monoisotopic (exact) mass is 654 g/mol. The number of halogens is 1. The van der Waals surface area contributed by atoms with Crippen LogP contribution >= 0.6 is 12.4 Å². The lowest BCUT2D eigenvalue weighted by atomic mass is 9.81. The number of carboxylic acids is 1. The molecule has 0 unspecified atom stereocenters. The van der Waals surface area contributed by atoms with Crippen LogP contribution in [0.15, 0.2) is 66.9 Å². The van der Waals surface area contributed by atoms with Crippen molar-refractivity contribution in [3.8, 4) is 34.0 Å². The fourth-order valence-corrected chi connectivity index (χ4v) is 7.03. The Hall–Kier alpha value is -4.76. The van der Waals surface area contributed by atoms with Crippen molar-refractivity contribution in [3.05, 3.63) is 89.4 Å². The van der Waals surface area contributed by atoms with Crippen molar-refractivity contribution in [1.82, 2.24) is 19.9 Å². The summed E-state index contributed by atoms with van der Waals surface area (Å²) in [6.07, 6.45) is 7.73. The molecule has 47 heavy (non-hydrogen) atoms. The number of amides is 1. The van der Waals surface area contributed by atoms with E-state index < -0.39 is 11.5 Å². The molecule has 7 rings (SSSR count). The second kappa shape index (κ2) is 12.8. The summed E-state index contributed by atoms with van der Waals surface area (Å²) < 4.78 is 14.1. The van der Waals surface area contributed by atoms with Gasteiger partial charge in [0.15, 0.2) is 0 Å². The smallest absolute Gasteiger partial charge is 0.335 e. The van der Waals surface area contributed by atoms with Gasteiger partial charge in [-0.25, -0.2) is 9.78 Å². The predicted molar refractivity (Wildman–Crippen MR) is 184 cm³/mol. The van der Waals surface area contributed by atoms with Gasteiger partial charge >= 0.3 is 5.97 Å². The first kappa shape index (κ1) is 32.2. The van der Waals surface area contributed by atoms with Gasteiger partial charge in [0.2, 0.25) is 0 Å². The Kier molecular flexibility index (Phi) is 8.76. The average Bonchev–Trinajstić information content (AvgIpc) is 3.64. The number of carboxylic acid groups (broad SMARTS) is 1. The van der Waals surface area contributed by atoms with Crippen molar-refractivity contribution >= 4 is 35.2 Å². The fraction of sp³-hybridized carbons (Fsp3) is 0.324. The molecule has 3 heterocycles. The second-order valence-corrected chi connectivity index (χ2v) is 12.8. The van der Waals surface area contributed by atoms with E-state index in [-0.39, 0.29) is 23.9 Å². The Balaban J connectivity index is 0.00000386. The van der Waals surface area contributed by atoms with Crippen molar-refractivity contribution in [3.63, 3.8) is 0 Å². The predicted octanol–water partition coefficient (Wildman–Crippen LogP) is 7.93. The summed E-state index contributed by atoms with van der Waals surface area (Å²) >= 11 is 0. The lowest BCUT2D eigenvalue weighted by Crippen LogP contribution is -2.41. The van der Waals surface area contributed by atoms with Crippen molar-refractivity contribution < 1.29 is 24.2 Å². The molecule has 2 aromatic heterocycles. The molecule has 0 bridgehead atoms. The molecule has 1 fully saturated rings. The molecule has 10 heteroatoms. The van der Waals surface area contributed by atoms with Crippen molar-refractivity contribution in [2.75, 3.05) is 13.7 Å². The Morgan fingerprint density at radius 1 is 1.02 bits per heavy atom. The molecule has 5 aromatic rings. The first-order valence-electron chi connectivity index (χ1n) is 15.9. The van der Waals surface area contributed by atoms with Crippen LogP contribution in [0.25, 0.3) is 33.4 Å². The summed E-state index contributed by atoms with van der Waals surface area (Å²) in [4.78, 5) is 32.9. The van der Waals surface area contributed by atoms with E-state index in [1.807, 2.05) is 38.1 Å². The van der Waals surface area contributed by atoms with E-state index >= 15 is 0 Å². The number of rotatable bonds is 7. The van der Waals surface area contributed by atoms with Crippen molar-refractivity contribution in [2.24, 2.45) is 0 Å². The number of aromatic carboxylic acids is 1. The number of nitrogens with one attached hydrogen (secondary N) is 2. The van der Waals surface area contributed by atoms with Gasteiger partial charge in [0.1, 0.15) is 23.9 Å². The maximum atomic E-state index is 13.8. The molecule has 0 radical (unpaired) electrons. The normalized spacial score (nSPS) is 14.7. The molecule has 0 spiro atoms. The summed E-state index contributed by atoms with van der Waals surface area (Å²) in [5.74, 6) is 1.48. The summed E-state index contributed by atoms with van der Waals surface area (Å²) in [5, 5.41) is 13.6. The number of nitrogens with zero attached hydrogens (tertiary/aromatic N) is 2. The van der Waals surface area contributed by atoms with Crippen LogP contribution in [0.3, 0.4) is 0 Å². The number of carbonyl (C=O) groups is 2. The Morgan fingerprint density at radius 2 is 1.77 bits per heavy atom. The number of hydrogen-bond acceptors (Lipinski definition) is 5. The maximum Gasteiger partial charge on any atom is 0.335 e. The third-order valence-corrected chi connectivity index (χ3v) is 9.43. The van der Waals surface area contributed by atoms with E-state index in [2.05, 4.69) is 32.0 Å². The summed E-state index contributed by atoms with van der Waals surface area (Å²) in [6.45, 7) is 5.01. The number of aromatic amines is 1. The molecule has 1 aliphatic carbocycles. The van der Waals surface area contributed by atoms with E-state index in [1.54, 1.807) is 37.6 Å². The molecule has 244 valence electrons. The zero-order chi connectivity index (χ0) is 32.0. The van der Waals surface area contributed by atoms with E-state index in [0.717, 1.165) is 46.7 Å². The van der Waals surface area contributed by atoms with Crippen molar-refractivity contribution in [2.45, 2.75) is 64.0 Å². The van der Waals surface area contributed by atoms with Crippen LogP contribution in [0.4, 0.5) is 0 Å². The number of benzene rings is 3. The van der Waals surface area contributed by atoms with E-state index in [1.165, 1.54) is 35.9 Å². The maximum absolute atomic E-state index is 13.8. The lowest BCUT2D eigenvalue weighted by molar-refractivity contribution is 0.0696. The highest BCUT2D eigenvalue weighted by atomic mass is 35.5. The SMILES string of the molecule is COc1ccc2c(c1)OCCn1c-2c(C2CCCCC2)c2ccc(C(=O)NC(C)(C)c3ncc(-c4ccc(C(=O)O)cc4)[nH]3)cc21.Cl. The van der Waals surface area contributed by atoms with Crippen LogP contribution < -0.4 is 14.8 Å². The minimum absolute atomic E-state index is 0. The van der Waals surface area contributed by atoms with Gasteiger partial charge in [-0.1, -0.05) is 37.5 Å². The summed E-state index contributed by atoms with van der Waals surface area (Å²) in [5.41, 5.74) is 6.19. The number of fused-ring (bicyclic) bond motifs is 5. The molecule has 1 saturated carbocycles. The lowest BCUT2D eigenvalue weighted by Gasteiger charge is -2.24. The fourth-order valence-electron chi connectivity index (χ4n) is 7.03. The number of imidazole rings is 1. The van der Waals surface area contributed by atoms with Crippen molar-refractivity contribution in [1.29, 1.82) is 0 Å². The number of aromatic nitrogens is 3. The molecule has 1 aliphatic heterocycles. The van der Waals surface area contributed by atoms with Gasteiger partial charge in [-0.15, -0.1) is 12.4 Å². The minimum Gasteiger partial charge on any atom is -0.497 e. The minimum atomic E-state index is -0.973. The Morgan fingerprint density at radius 3 is 2.49 bits per heavy atom. The standard InChI is InChI=1S/C37H38N4O5.ClH/c1-37(2,36-38-21-29(39-36)22-9-11-24(12-10-22)35(43)44)40-34(42)25-13-15-27-30(19-25)41-17-18-46-31-20-26(45-3)14-16-28(31)33(41)32(27)23-7-5-4-6-8-23;/h9-16,19-21,23H,4-8,17-18H2,1-3H3,(H,38,39)(H,40,42)(H,43,44);1H. The molecule has 3 aromatic carbocycles. The Bertz CT molecular complexity index is 1950. The van der Waals surface area contributed by atoms with Crippen LogP contribution in [0.5, 0.6) is 11.5 Å². The topological polar surface area (TPSA) is 118 Å². The Labute approximate surface area is 279 Å². The first-order valence-corrected chi connectivity index (χ1v) is 15.9. The first-order chi connectivity index (χ1) is 22.2. The largest absolute Gasteiger partial charge is 0.497 e. The van der Waals surface area contributed by atoms with Gasteiger partial charge < -0.3 is 29.4 Å². The molecule has 1 amide bonds. The molecular formula is C37H39ClN4O5. The molecular weight excluding hydrogens is 616 g/mol. The molecule has 2 aliphatic rings. The van der Waals surface area contributed by atoms with Crippen LogP contribution in [0.1, 0.15) is 84.0 Å². The van der Waals surface area contributed by atoms with E-state index in [0.29, 0.717) is 30.5 Å². The molecule has 0 saturated heterocycles. The van der Waals surface area contributed by atoms with E-state index in [4.69, 9.17) is 9.47 Å². The second-order valence-electron chi connectivity index (χ2n) is 12.8. The highest BCUT2D eigenvalue weighted by molar-refractivity contribution is 6.01. The number of H-pyrrole nitrogens is 1. The van der Waals surface area contributed by atoms with Crippen LogP contribution in [-0.2, 0) is 12.1 Å². The van der Waals surface area contributed by atoms with Crippen LogP contribution in [0, 0.1) is 0 Å². The molecule has 9 nitrogen and oxygen atoms in total. The zero-order valence-corrected chi connectivity index (χ0v) is 27.6. The molecule has 0 atom stereocenters. The highest BCUT2D eigenvalue weighted by Crippen LogP contribution is 2.47. The van der Waals surface area contributed by atoms with Crippen LogP contribution in [-0.4, -0.2) is 45.2 Å². The van der Waals surface area contributed by atoms with Gasteiger partial charge in [-0.3, -0.25) is 4.79 Å².